The smallest absolute Gasteiger partial charge is 0.267 e. The molecule has 1 saturated heterocycles. The van der Waals surface area contributed by atoms with Crippen molar-refractivity contribution in [1.29, 1.82) is 0 Å². The van der Waals surface area contributed by atoms with E-state index < -0.39 is 0 Å². The van der Waals surface area contributed by atoms with Gasteiger partial charge in [-0.15, -0.1) is 11.3 Å². The van der Waals surface area contributed by atoms with Gasteiger partial charge in [-0.1, -0.05) is 26.0 Å². The second kappa shape index (κ2) is 7.97. The maximum Gasteiger partial charge on any atom is 0.267 e. The lowest BCUT2D eigenvalue weighted by Crippen LogP contribution is -2.41. The predicted octanol–water partition coefficient (Wildman–Crippen LogP) is 3.30. The molecule has 0 unspecified atom stereocenters. The summed E-state index contributed by atoms with van der Waals surface area (Å²) in [7, 11) is 0. The number of amides is 2. The maximum atomic E-state index is 12.8. The molecule has 0 aliphatic carbocycles. The number of carbonyl (C=O) groups excluding carboxylic acids is 2. The largest absolute Gasteiger partial charge is 0.378 e. The van der Waals surface area contributed by atoms with Crippen molar-refractivity contribution in [2.75, 3.05) is 31.6 Å². The van der Waals surface area contributed by atoms with Gasteiger partial charge in [0.05, 0.1) is 35.2 Å². The van der Waals surface area contributed by atoms with Crippen molar-refractivity contribution in [3.05, 3.63) is 45.4 Å². The van der Waals surface area contributed by atoms with E-state index in [0.717, 1.165) is 5.01 Å². The van der Waals surface area contributed by atoms with Gasteiger partial charge < -0.3 is 15.0 Å². The van der Waals surface area contributed by atoms with Crippen molar-refractivity contribution in [2.45, 2.75) is 26.7 Å². The summed E-state index contributed by atoms with van der Waals surface area (Å²) in [6.45, 7) is 8.14. The summed E-state index contributed by atoms with van der Waals surface area (Å²) in [5, 5.41) is 3.83. The van der Waals surface area contributed by atoms with Crippen LogP contribution in [0.1, 0.15) is 50.5 Å². The van der Waals surface area contributed by atoms with Crippen LogP contribution in [-0.2, 0) is 4.74 Å². The predicted molar refractivity (Wildman–Crippen MR) is 102 cm³/mol. The topological polar surface area (TPSA) is 71.5 Å². The van der Waals surface area contributed by atoms with Crippen molar-refractivity contribution in [3.63, 3.8) is 0 Å². The molecule has 1 aromatic heterocycles. The Kier molecular flexibility index (Phi) is 5.68. The van der Waals surface area contributed by atoms with E-state index in [1.54, 1.807) is 23.1 Å². The lowest BCUT2D eigenvalue weighted by molar-refractivity contribution is 0.0303. The third-order valence-corrected chi connectivity index (χ3v) is 5.67. The Labute approximate surface area is 157 Å². The van der Waals surface area contributed by atoms with E-state index in [2.05, 4.69) is 24.1 Å². The first kappa shape index (κ1) is 18.5. The molecule has 3 rings (SSSR count). The zero-order chi connectivity index (χ0) is 18.7. The number of nitrogens with zero attached hydrogens (tertiary/aromatic N) is 2. The number of benzene rings is 1. The van der Waals surface area contributed by atoms with Crippen LogP contribution >= 0.6 is 11.3 Å². The van der Waals surface area contributed by atoms with Crippen molar-refractivity contribution in [1.82, 2.24) is 9.88 Å². The number of morpholine rings is 1. The zero-order valence-electron chi connectivity index (χ0n) is 15.2. The quantitative estimate of drug-likeness (QED) is 0.893. The monoisotopic (exact) mass is 373 g/mol. The standard InChI is InChI=1S/C19H23N3O3S/c1-12(2)18-20-13(3)16(26-18)17(23)21-15-7-5-4-6-14(15)19(24)22-8-10-25-11-9-22/h4-7,12H,8-11H2,1-3H3,(H,21,23). The molecule has 1 fully saturated rings. The molecule has 0 bridgehead atoms. The van der Waals surface area contributed by atoms with Crippen molar-refractivity contribution >= 4 is 28.8 Å². The summed E-state index contributed by atoms with van der Waals surface area (Å²) in [5.74, 6) is -0.0438. The van der Waals surface area contributed by atoms with Crippen LogP contribution in [0.15, 0.2) is 24.3 Å². The number of thiazole rings is 1. The summed E-state index contributed by atoms with van der Waals surface area (Å²) >= 11 is 1.40. The zero-order valence-corrected chi connectivity index (χ0v) is 16.1. The van der Waals surface area contributed by atoms with E-state index in [1.807, 2.05) is 13.0 Å². The average Bonchev–Trinajstić information content (AvgIpc) is 3.04. The summed E-state index contributed by atoms with van der Waals surface area (Å²) in [5.41, 5.74) is 1.73. The van der Waals surface area contributed by atoms with E-state index in [9.17, 15) is 9.59 Å². The SMILES string of the molecule is Cc1nc(C(C)C)sc1C(=O)Nc1ccccc1C(=O)N1CCOCC1. The first-order valence-corrected chi connectivity index (χ1v) is 9.53. The van der Waals surface area contributed by atoms with Crippen LogP contribution in [0.2, 0.25) is 0 Å². The number of aromatic nitrogens is 1. The fraction of sp³-hybridized carbons (Fsp3) is 0.421. The van der Waals surface area contributed by atoms with E-state index in [-0.39, 0.29) is 17.7 Å². The van der Waals surface area contributed by atoms with Gasteiger partial charge in [0, 0.05) is 19.0 Å². The van der Waals surface area contributed by atoms with Gasteiger partial charge in [-0.05, 0) is 19.1 Å². The third kappa shape index (κ3) is 3.94. The number of nitrogens with one attached hydrogen (secondary N) is 1. The van der Waals surface area contributed by atoms with Crippen LogP contribution in [-0.4, -0.2) is 48.0 Å². The third-order valence-electron chi connectivity index (χ3n) is 4.22. The Hall–Kier alpha value is -2.25. The molecule has 26 heavy (non-hydrogen) atoms. The van der Waals surface area contributed by atoms with Crippen LogP contribution in [0.4, 0.5) is 5.69 Å². The molecule has 7 heteroatoms. The van der Waals surface area contributed by atoms with Gasteiger partial charge in [0.2, 0.25) is 0 Å². The van der Waals surface area contributed by atoms with Crippen LogP contribution in [0.25, 0.3) is 0 Å². The van der Waals surface area contributed by atoms with Gasteiger partial charge in [-0.3, -0.25) is 9.59 Å². The summed E-state index contributed by atoms with van der Waals surface area (Å²) in [6, 6.07) is 7.11. The number of rotatable bonds is 4. The molecule has 1 N–H and O–H groups in total. The van der Waals surface area contributed by atoms with E-state index in [1.165, 1.54) is 11.3 Å². The number of hydrogen-bond acceptors (Lipinski definition) is 5. The number of ether oxygens (including phenoxy) is 1. The minimum atomic E-state index is -0.228. The number of anilines is 1. The number of carbonyl (C=O) groups is 2. The van der Waals surface area contributed by atoms with Gasteiger partial charge in [0.25, 0.3) is 11.8 Å². The Bertz CT molecular complexity index is 810. The van der Waals surface area contributed by atoms with Crippen molar-refractivity contribution < 1.29 is 14.3 Å². The summed E-state index contributed by atoms with van der Waals surface area (Å²) < 4.78 is 5.30. The van der Waals surface area contributed by atoms with Gasteiger partial charge >= 0.3 is 0 Å². The number of aryl methyl sites for hydroxylation is 1. The van der Waals surface area contributed by atoms with E-state index in [4.69, 9.17) is 4.74 Å². The molecule has 1 aromatic carbocycles. The molecule has 138 valence electrons. The van der Waals surface area contributed by atoms with Crippen molar-refractivity contribution in [3.8, 4) is 0 Å². The molecule has 0 spiro atoms. The minimum Gasteiger partial charge on any atom is -0.378 e. The van der Waals surface area contributed by atoms with Crippen molar-refractivity contribution in [2.24, 2.45) is 0 Å². The minimum absolute atomic E-state index is 0.0897. The molecular weight excluding hydrogens is 350 g/mol. The van der Waals surface area contributed by atoms with Gasteiger partial charge in [0.1, 0.15) is 4.88 Å². The number of para-hydroxylation sites is 1. The molecule has 0 atom stereocenters. The lowest BCUT2D eigenvalue weighted by atomic mass is 10.1. The lowest BCUT2D eigenvalue weighted by Gasteiger charge is -2.27. The average molecular weight is 373 g/mol. The molecule has 1 aliphatic rings. The Morgan fingerprint density at radius 3 is 2.58 bits per heavy atom. The molecular formula is C19H23N3O3S. The van der Waals surface area contributed by atoms with Crippen LogP contribution < -0.4 is 5.32 Å². The molecule has 0 saturated carbocycles. The highest BCUT2D eigenvalue weighted by molar-refractivity contribution is 7.14. The fourth-order valence-electron chi connectivity index (χ4n) is 2.77. The van der Waals surface area contributed by atoms with Gasteiger partial charge in [-0.2, -0.15) is 0 Å². The first-order chi connectivity index (χ1) is 12.5. The van der Waals surface area contributed by atoms with Crippen LogP contribution in [0.5, 0.6) is 0 Å². The fourth-order valence-corrected chi connectivity index (χ4v) is 3.73. The maximum absolute atomic E-state index is 12.8. The molecule has 1 aliphatic heterocycles. The molecule has 6 nitrogen and oxygen atoms in total. The van der Waals surface area contributed by atoms with Crippen LogP contribution in [0.3, 0.4) is 0 Å². The highest BCUT2D eigenvalue weighted by Gasteiger charge is 2.23. The molecule has 2 aromatic rings. The molecule has 0 radical (unpaired) electrons. The second-order valence-corrected chi connectivity index (χ2v) is 7.56. The molecule has 2 amide bonds. The van der Waals surface area contributed by atoms with Gasteiger partial charge in [0.15, 0.2) is 0 Å². The highest BCUT2D eigenvalue weighted by Crippen LogP contribution is 2.26. The Morgan fingerprint density at radius 1 is 1.23 bits per heavy atom. The van der Waals surface area contributed by atoms with E-state index in [0.29, 0.717) is 48.1 Å². The number of hydrogen-bond donors (Lipinski definition) is 1. The normalized spacial score (nSPS) is 14.5. The molecule has 2 heterocycles. The highest BCUT2D eigenvalue weighted by atomic mass is 32.1. The second-order valence-electron chi connectivity index (χ2n) is 6.53. The summed E-state index contributed by atoms with van der Waals surface area (Å²) in [4.78, 5) is 32.4. The Morgan fingerprint density at radius 2 is 1.92 bits per heavy atom. The van der Waals surface area contributed by atoms with Gasteiger partial charge in [-0.25, -0.2) is 4.98 Å². The Balaban J connectivity index is 1.82. The first-order valence-electron chi connectivity index (χ1n) is 8.72. The summed E-state index contributed by atoms with van der Waals surface area (Å²) in [6.07, 6.45) is 0. The van der Waals surface area contributed by atoms with E-state index >= 15 is 0 Å². The van der Waals surface area contributed by atoms with Crippen LogP contribution in [0, 0.1) is 6.92 Å².